The lowest BCUT2D eigenvalue weighted by atomic mass is 10.2. The van der Waals surface area contributed by atoms with Gasteiger partial charge in [0.05, 0.1) is 15.9 Å². The highest BCUT2D eigenvalue weighted by molar-refractivity contribution is 6.38. The summed E-state index contributed by atoms with van der Waals surface area (Å²) in [5, 5.41) is 10.0. The number of halogens is 2. The number of benzene rings is 1. The van der Waals surface area contributed by atoms with Gasteiger partial charge in [0.15, 0.2) is 5.75 Å². The Morgan fingerprint density at radius 2 is 2.00 bits per heavy atom. The minimum atomic E-state index is -0.529. The summed E-state index contributed by atoms with van der Waals surface area (Å²) in [5.74, 6) is -0.281. The van der Waals surface area contributed by atoms with Crippen molar-refractivity contribution in [3.63, 3.8) is 0 Å². The lowest BCUT2D eigenvalue weighted by Gasteiger charge is -2.03. The van der Waals surface area contributed by atoms with Gasteiger partial charge in [-0.15, -0.1) is 0 Å². The molecule has 2 aromatic rings. The number of pyridine rings is 1. The van der Waals surface area contributed by atoms with Crippen LogP contribution in [0.3, 0.4) is 0 Å². The van der Waals surface area contributed by atoms with Gasteiger partial charge in [0, 0.05) is 0 Å². The van der Waals surface area contributed by atoms with Crippen LogP contribution in [-0.2, 0) is 0 Å². The average Bonchev–Trinajstić information content (AvgIpc) is 2.14. The van der Waals surface area contributed by atoms with Crippen molar-refractivity contribution in [2.45, 2.75) is 0 Å². The summed E-state index contributed by atoms with van der Waals surface area (Å²) >= 11 is 11.4. The third-order valence-corrected chi connectivity index (χ3v) is 2.57. The molecule has 1 heterocycles. The first kappa shape index (κ1) is 9.37. The van der Waals surface area contributed by atoms with Gasteiger partial charge in [-0.3, -0.25) is 4.79 Å². The summed E-state index contributed by atoms with van der Waals surface area (Å²) in [7, 11) is 0. The van der Waals surface area contributed by atoms with E-state index < -0.39 is 5.56 Å². The maximum Gasteiger partial charge on any atom is 0.271 e. The zero-order chi connectivity index (χ0) is 10.3. The molecule has 14 heavy (non-hydrogen) atoms. The fraction of sp³-hybridized carbons (Fsp3) is 0. The fourth-order valence-electron chi connectivity index (χ4n) is 1.26. The number of hydrogen-bond acceptors (Lipinski definition) is 2. The minimum absolute atomic E-state index is 0.245. The molecule has 0 aliphatic rings. The number of aromatic amines is 1. The molecular formula is C9H5Cl2NO2. The summed E-state index contributed by atoms with van der Waals surface area (Å²) in [5.41, 5.74) is -0.0664. The van der Waals surface area contributed by atoms with Crippen LogP contribution in [0.1, 0.15) is 0 Å². The lowest BCUT2D eigenvalue weighted by molar-refractivity contribution is 0.481. The van der Waals surface area contributed by atoms with E-state index in [0.29, 0.717) is 15.9 Å². The zero-order valence-electron chi connectivity index (χ0n) is 6.84. The molecule has 0 aliphatic carbocycles. The molecule has 2 rings (SSSR count). The van der Waals surface area contributed by atoms with Crippen molar-refractivity contribution in [3.05, 3.63) is 38.6 Å². The van der Waals surface area contributed by atoms with Gasteiger partial charge in [0.2, 0.25) is 0 Å². The standard InChI is InChI=1S/C9H5Cl2NO2/c10-4-2-1-3-5-6(4)8(13)7(11)9(14)12-5/h1-3H,(H2,12,13,14). The van der Waals surface area contributed by atoms with Gasteiger partial charge in [0.25, 0.3) is 5.56 Å². The van der Waals surface area contributed by atoms with Gasteiger partial charge in [-0.2, -0.15) is 0 Å². The maximum absolute atomic E-state index is 11.2. The third kappa shape index (κ3) is 1.25. The molecule has 72 valence electrons. The molecule has 0 aliphatic heterocycles. The fourth-order valence-corrected chi connectivity index (χ4v) is 1.67. The Kier molecular flexibility index (Phi) is 2.13. The molecule has 0 unspecified atom stereocenters. The van der Waals surface area contributed by atoms with Crippen LogP contribution in [0.2, 0.25) is 10.0 Å². The summed E-state index contributed by atoms with van der Waals surface area (Å²) in [6.07, 6.45) is 0. The van der Waals surface area contributed by atoms with Gasteiger partial charge in [-0.1, -0.05) is 29.3 Å². The van der Waals surface area contributed by atoms with Crippen molar-refractivity contribution in [2.75, 3.05) is 0 Å². The van der Waals surface area contributed by atoms with Crippen LogP contribution in [0, 0.1) is 0 Å². The topological polar surface area (TPSA) is 53.1 Å². The summed E-state index contributed by atoms with van der Waals surface area (Å²) in [6, 6.07) is 4.92. The minimum Gasteiger partial charge on any atom is -0.505 e. The number of fused-ring (bicyclic) bond motifs is 1. The Hall–Kier alpha value is -1.19. The molecule has 3 nitrogen and oxygen atoms in total. The molecule has 5 heteroatoms. The van der Waals surface area contributed by atoms with Crippen molar-refractivity contribution in [1.29, 1.82) is 0 Å². The summed E-state index contributed by atoms with van der Waals surface area (Å²) in [6.45, 7) is 0. The van der Waals surface area contributed by atoms with E-state index in [1.807, 2.05) is 0 Å². The molecule has 0 radical (unpaired) electrons. The van der Waals surface area contributed by atoms with E-state index >= 15 is 0 Å². The summed E-state index contributed by atoms with van der Waals surface area (Å²) < 4.78 is 0. The Morgan fingerprint density at radius 1 is 1.29 bits per heavy atom. The number of H-pyrrole nitrogens is 1. The smallest absolute Gasteiger partial charge is 0.271 e. The largest absolute Gasteiger partial charge is 0.505 e. The quantitative estimate of drug-likeness (QED) is 0.730. The highest BCUT2D eigenvalue weighted by atomic mass is 35.5. The molecule has 0 saturated carbocycles. The van der Waals surface area contributed by atoms with E-state index in [9.17, 15) is 9.90 Å². The monoisotopic (exact) mass is 229 g/mol. The van der Waals surface area contributed by atoms with Crippen LogP contribution in [0.25, 0.3) is 10.9 Å². The van der Waals surface area contributed by atoms with Crippen LogP contribution >= 0.6 is 23.2 Å². The van der Waals surface area contributed by atoms with E-state index in [2.05, 4.69) is 4.98 Å². The Labute approximate surface area is 88.9 Å². The first-order valence-corrected chi connectivity index (χ1v) is 4.56. The Balaban J connectivity index is 3.07. The molecule has 0 fully saturated rings. The normalized spacial score (nSPS) is 10.7. The average molecular weight is 230 g/mol. The van der Waals surface area contributed by atoms with Crippen molar-refractivity contribution < 1.29 is 5.11 Å². The molecule has 0 spiro atoms. The third-order valence-electron chi connectivity index (χ3n) is 1.91. The van der Waals surface area contributed by atoms with Crippen LogP contribution < -0.4 is 5.56 Å². The number of hydrogen-bond donors (Lipinski definition) is 2. The molecule has 2 N–H and O–H groups in total. The van der Waals surface area contributed by atoms with E-state index in [1.54, 1.807) is 18.2 Å². The lowest BCUT2D eigenvalue weighted by Crippen LogP contribution is -2.06. The van der Waals surface area contributed by atoms with Gasteiger partial charge in [-0.05, 0) is 12.1 Å². The van der Waals surface area contributed by atoms with Crippen LogP contribution in [-0.4, -0.2) is 10.1 Å². The second-order valence-corrected chi connectivity index (χ2v) is 3.56. The van der Waals surface area contributed by atoms with Crippen molar-refractivity contribution in [2.24, 2.45) is 0 Å². The Morgan fingerprint density at radius 3 is 2.71 bits per heavy atom. The summed E-state index contributed by atoms with van der Waals surface area (Å²) in [4.78, 5) is 13.7. The predicted octanol–water partition coefficient (Wildman–Crippen LogP) is 2.54. The first-order chi connectivity index (χ1) is 6.61. The number of rotatable bonds is 0. The highest BCUT2D eigenvalue weighted by Gasteiger charge is 2.11. The van der Waals surface area contributed by atoms with E-state index in [4.69, 9.17) is 23.2 Å². The zero-order valence-corrected chi connectivity index (χ0v) is 8.36. The van der Waals surface area contributed by atoms with Gasteiger partial charge in [0.1, 0.15) is 5.02 Å². The highest BCUT2D eigenvalue weighted by Crippen LogP contribution is 2.33. The van der Waals surface area contributed by atoms with Crippen LogP contribution in [0.5, 0.6) is 5.75 Å². The number of aromatic hydroxyl groups is 1. The molecule has 1 aromatic carbocycles. The van der Waals surface area contributed by atoms with Gasteiger partial charge >= 0.3 is 0 Å². The van der Waals surface area contributed by atoms with E-state index in [0.717, 1.165) is 0 Å². The van der Waals surface area contributed by atoms with Gasteiger partial charge < -0.3 is 10.1 Å². The number of nitrogens with one attached hydrogen (secondary N) is 1. The maximum atomic E-state index is 11.2. The van der Waals surface area contributed by atoms with Crippen LogP contribution in [0.4, 0.5) is 0 Å². The van der Waals surface area contributed by atoms with Gasteiger partial charge in [-0.25, -0.2) is 0 Å². The second kappa shape index (κ2) is 3.19. The molecule has 0 bridgehead atoms. The molecule has 0 amide bonds. The van der Waals surface area contributed by atoms with Crippen molar-refractivity contribution in [1.82, 2.24) is 4.98 Å². The molecule has 0 saturated heterocycles. The molecular weight excluding hydrogens is 225 g/mol. The number of aromatic nitrogens is 1. The van der Waals surface area contributed by atoms with Crippen molar-refractivity contribution in [3.8, 4) is 5.75 Å². The Bertz CT molecular complexity index is 562. The molecule has 0 atom stereocenters. The SMILES string of the molecule is O=c1[nH]c2cccc(Cl)c2c(O)c1Cl. The predicted molar refractivity (Wildman–Crippen MR) is 56.3 cm³/mol. The van der Waals surface area contributed by atoms with E-state index in [-0.39, 0.29) is 10.8 Å². The molecule has 1 aromatic heterocycles. The second-order valence-electron chi connectivity index (χ2n) is 2.78. The van der Waals surface area contributed by atoms with Crippen molar-refractivity contribution >= 4 is 34.1 Å². The van der Waals surface area contributed by atoms with Crippen LogP contribution in [0.15, 0.2) is 23.0 Å². The first-order valence-electron chi connectivity index (χ1n) is 3.80. The van der Waals surface area contributed by atoms with E-state index in [1.165, 1.54) is 0 Å².